The molecule has 0 N–H and O–H groups in total. The van der Waals surface area contributed by atoms with Gasteiger partial charge in [0.1, 0.15) is 0 Å². The van der Waals surface area contributed by atoms with Crippen molar-refractivity contribution in [1.29, 1.82) is 0 Å². The zero-order valence-corrected chi connectivity index (χ0v) is 8.49. The summed E-state index contributed by atoms with van der Waals surface area (Å²) in [7, 11) is 0. The van der Waals surface area contributed by atoms with Gasteiger partial charge in [-0.15, -0.1) is 11.6 Å². The first kappa shape index (κ1) is 9.60. The van der Waals surface area contributed by atoms with Crippen molar-refractivity contribution in [3.8, 4) is 0 Å². The van der Waals surface area contributed by atoms with Crippen LogP contribution in [-0.2, 0) is 18.7 Å². The van der Waals surface area contributed by atoms with Crippen LogP contribution in [0.25, 0.3) is 0 Å². The van der Waals surface area contributed by atoms with E-state index in [1.165, 1.54) is 16.7 Å². The summed E-state index contributed by atoms with van der Waals surface area (Å²) in [6.45, 7) is 4.37. The van der Waals surface area contributed by atoms with Crippen molar-refractivity contribution >= 4 is 11.6 Å². The maximum Gasteiger partial charge on any atom is 0.0476 e. The lowest BCUT2D eigenvalue weighted by atomic mass is 9.98. The van der Waals surface area contributed by atoms with E-state index in [4.69, 9.17) is 11.6 Å². The quantitative estimate of drug-likeness (QED) is 0.628. The predicted molar refractivity (Wildman–Crippen MR) is 54.8 cm³/mol. The van der Waals surface area contributed by atoms with Gasteiger partial charge in [-0.05, 0) is 29.5 Å². The third kappa shape index (κ3) is 1.81. The molecular weight excluding hydrogens is 168 g/mol. The van der Waals surface area contributed by atoms with E-state index in [-0.39, 0.29) is 0 Å². The van der Waals surface area contributed by atoms with E-state index in [2.05, 4.69) is 32.0 Å². The Kier molecular flexibility index (Phi) is 3.61. The lowest BCUT2D eigenvalue weighted by Crippen LogP contribution is -1.95. The molecule has 0 aromatic heterocycles. The van der Waals surface area contributed by atoms with E-state index in [0.29, 0.717) is 5.88 Å². The summed E-state index contributed by atoms with van der Waals surface area (Å²) in [6, 6.07) is 6.40. The van der Waals surface area contributed by atoms with Gasteiger partial charge in [-0.25, -0.2) is 0 Å². The first-order valence-electron chi connectivity index (χ1n) is 4.49. The van der Waals surface area contributed by atoms with Crippen LogP contribution in [0.3, 0.4) is 0 Å². The second-order valence-electron chi connectivity index (χ2n) is 2.90. The van der Waals surface area contributed by atoms with Crippen molar-refractivity contribution in [3.63, 3.8) is 0 Å². The highest BCUT2D eigenvalue weighted by Crippen LogP contribution is 2.17. The molecule has 0 fully saturated rings. The van der Waals surface area contributed by atoms with Gasteiger partial charge in [0.15, 0.2) is 0 Å². The van der Waals surface area contributed by atoms with E-state index in [1.807, 2.05) is 0 Å². The van der Waals surface area contributed by atoms with Gasteiger partial charge in [-0.1, -0.05) is 32.0 Å². The van der Waals surface area contributed by atoms with Crippen LogP contribution in [0, 0.1) is 0 Å². The summed E-state index contributed by atoms with van der Waals surface area (Å²) < 4.78 is 0. The summed E-state index contributed by atoms with van der Waals surface area (Å²) in [5.74, 6) is 0.636. The smallest absolute Gasteiger partial charge is 0.0476 e. The Hall–Kier alpha value is -0.490. The molecule has 0 aliphatic heterocycles. The zero-order valence-electron chi connectivity index (χ0n) is 7.73. The molecule has 1 aromatic carbocycles. The molecule has 1 aromatic rings. The molecule has 0 unspecified atom stereocenters. The Labute approximate surface area is 79.6 Å². The number of halogens is 1. The van der Waals surface area contributed by atoms with Crippen molar-refractivity contribution in [2.75, 3.05) is 0 Å². The standard InChI is InChI=1S/C11H15Cl/c1-3-9-6-5-7-10(8-12)11(9)4-2/h5-7H,3-4,8H2,1-2H3. The predicted octanol–water partition coefficient (Wildman–Crippen LogP) is 3.55. The van der Waals surface area contributed by atoms with Crippen LogP contribution >= 0.6 is 11.6 Å². The molecule has 0 aliphatic rings. The second kappa shape index (κ2) is 4.51. The van der Waals surface area contributed by atoms with Gasteiger partial charge in [-0.2, -0.15) is 0 Å². The average Bonchev–Trinajstić information content (AvgIpc) is 2.16. The Balaban J connectivity index is 3.13. The summed E-state index contributed by atoms with van der Waals surface area (Å²) in [6.07, 6.45) is 2.19. The fourth-order valence-corrected chi connectivity index (χ4v) is 1.85. The van der Waals surface area contributed by atoms with Gasteiger partial charge in [-0.3, -0.25) is 0 Å². The minimum absolute atomic E-state index is 0.636. The minimum Gasteiger partial charge on any atom is -0.122 e. The van der Waals surface area contributed by atoms with E-state index in [9.17, 15) is 0 Å². The van der Waals surface area contributed by atoms with E-state index in [1.54, 1.807) is 0 Å². The molecule has 0 spiro atoms. The Morgan fingerprint density at radius 1 is 1.08 bits per heavy atom. The first-order valence-corrected chi connectivity index (χ1v) is 5.02. The fraction of sp³-hybridized carbons (Fsp3) is 0.455. The Bertz CT molecular complexity index is 231. The lowest BCUT2D eigenvalue weighted by molar-refractivity contribution is 1.01. The molecular formula is C11H15Cl. The lowest BCUT2D eigenvalue weighted by Gasteiger charge is -2.09. The maximum absolute atomic E-state index is 5.84. The highest BCUT2D eigenvalue weighted by Gasteiger charge is 2.02. The number of benzene rings is 1. The molecule has 66 valence electrons. The molecule has 12 heavy (non-hydrogen) atoms. The van der Waals surface area contributed by atoms with Gasteiger partial charge in [0.25, 0.3) is 0 Å². The molecule has 0 heterocycles. The molecule has 0 saturated carbocycles. The highest BCUT2D eigenvalue weighted by molar-refractivity contribution is 6.17. The summed E-state index contributed by atoms with van der Waals surface area (Å²) >= 11 is 5.84. The monoisotopic (exact) mass is 182 g/mol. The third-order valence-electron chi connectivity index (χ3n) is 2.25. The molecule has 0 aliphatic carbocycles. The highest BCUT2D eigenvalue weighted by atomic mass is 35.5. The van der Waals surface area contributed by atoms with E-state index >= 15 is 0 Å². The summed E-state index contributed by atoms with van der Waals surface area (Å²) in [5.41, 5.74) is 4.17. The van der Waals surface area contributed by atoms with Crippen LogP contribution in [-0.4, -0.2) is 0 Å². The number of hydrogen-bond donors (Lipinski definition) is 0. The van der Waals surface area contributed by atoms with Gasteiger partial charge in [0.2, 0.25) is 0 Å². The zero-order chi connectivity index (χ0) is 8.97. The number of hydrogen-bond acceptors (Lipinski definition) is 0. The second-order valence-corrected chi connectivity index (χ2v) is 3.16. The molecule has 0 saturated heterocycles. The maximum atomic E-state index is 5.84. The Morgan fingerprint density at radius 2 is 1.75 bits per heavy atom. The average molecular weight is 183 g/mol. The molecule has 1 heteroatoms. The Morgan fingerprint density at radius 3 is 2.25 bits per heavy atom. The third-order valence-corrected chi connectivity index (χ3v) is 2.54. The number of alkyl halides is 1. The molecule has 1 rings (SSSR count). The topological polar surface area (TPSA) is 0 Å². The van der Waals surface area contributed by atoms with Crippen molar-refractivity contribution in [2.24, 2.45) is 0 Å². The van der Waals surface area contributed by atoms with E-state index < -0.39 is 0 Å². The number of aryl methyl sites for hydroxylation is 1. The van der Waals surface area contributed by atoms with Crippen LogP contribution in [0.2, 0.25) is 0 Å². The van der Waals surface area contributed by atoms with Crippen LogP contribution in [0.1, 0.15) is 30.5 Å². The van der Waals surface area contributed by atoms with Crippen molar-refractivity contribution in [1.82, 2.24) is 0 Å². The molecule has 0 radical (unpaired) electrons. The minimum atomic E-state index is 0.636. The van der Waals surface area contributed by atoms with Gasteiger partial charge in [0.05, 0.1) is 0 Å². The van der Waals surface area contributed by atoms with Crippen molar-refractivity contribution in [3.05, 3.63) is 34.9 Å². The fourth-order valence-electron chi connectivity index (χ4n) is 1.60. The van der Waals surface area contributed by atoms with Crippen LogP contribution in [0.15, 0.2) is 18.2 Å². The largest absolute Gasteiger partial charge is 0.122 e. The van der Waals surface area contributed by atoms with Crippen molar-refractivity contribution < 1.29 is 0 Å². The number of rotatable bonds is 3. The van der Waals surface area contributed by atoms with Crippen molar-refractivity contribution in [2.45, 2.75) is 32.6 Å². The van der Waals surface area contributed by atoms with E-state index in [0.717, 1.165) is 12.8 Å². The van der Waals surface area contributed by atoms with Gasteiger partial charge in [0, 0.05) is 5.88 Å². The molecule has 0 bridgehead atoms. The summed E-state index contributed by atoms with van der Waals surface area (Å²) in [4.78, 5) is 0. The first-order chi connectivity index (χ1) is 5.83. The SMILES string of the molecule is CCc1cccc(CCl)c1CC. The van der Waals surface area contributed by atoms with Gasteiger partial charge < -0.3 is 0 Å². The molecule has 0 nitrogen and oxygen atoms in total. The summed E-state index contributed by atoms with van der Waals surface area (Å²) in [5, 5.41) is 0. The molecule has 0 atom stereocenters. The van der Waals surface area contributed by atoms with Gasteiger partial charge >= 0.3 is 0 Å². The van der Waals surface area contributed by atoms with Crippen LogP contribution in [0.4, 0.5) is 0 Å². The normalized spacial score (nSPS) is 10.2. The van der Waals surface area contributed by atoms with Crippen LogP contribution < -0.4 is 0 Å². The molecule has 0 amide bonds. The van der Waals surface area contributed by atoms with Crippen LogP contribution in [0.5, 0.6) is 0 Å².